The van der Waals surface area contributed by atoms with Gasteiger partial charge in [-0.25, -0.2) is 0 Å². The first kappa shape index (κ1) is 18.4. The van der Waals surface area contributed by atoms with Crippen molar-refractivity contribution in [2.24, 2.45) is 11.8 Å². The van der Waals surface area contributed by atoms with Gasteiger partial charge in [-0.15, -0.1) is 0 Å². The number of phenols is 2. The molecule has 6 heteroatoms. The molecule has 3 rings (SSSR count). The zero-order valence-electron chi connectivity index (χ0n) is 14.8. The molecule has 3 atom stereocenters. The van der Waals surface area contributed by atoms with Crippen LogP contribution >= 0.6 is 0 Å². The molecule has 0 aromatic heterocycles. The molecular formula is C20H24O6. The van der Waals surface area contributed by atoms with E-state index in [4.69, 9.17) is 9.47 Å². The number of aliphatic hydroxyl groups excluding tert-OH is 2. The smallest absolute Gasteiger partial charge is 0.160 e. The van der Waals surface area contributed by atoms with Gasteiger partial charge in [-0.1, -0.05) is 6.07 Å². The first-order chi connectivity index (χ1) is 12.5. The van der Waals surface area contributed by atoms with Crippen LogP contribution in [0.5, 0.6) is 23.0 Å². The third kappa shape index (κ3) is 3.06. The van der Waals surface area contributed by atoms with Crippen LogP contribution in [0.3, 0.4) is 0 Å². The van der Waals surface area contributed by atoms with Gasteiger partial charge in [-0.05, 0) is 59.2 Å². The lowest BCUT2D eigenvalue weighted by Gasteiger charge is -2.38. The lowest BCUT2D eigenvalue weighted by atomic mass is 9.67. The molecule has 0 fully saturated rings. The second-order valence-corrected chi connectivity index (χ2v) is 6.63. The quantitative estimate of drug-likeness (QED) is 0.651. The maximum absolute atomic E-state index is 10.3. The van der Waals surface area contributed by atoms with E-state index in [1.54, 1.807) is 30.3 Å². The fourth-order valence-corrected chi connectivity index (χ4v) is 3.96. The fraction of sp³-hybridized carbons (Fsp3) is 0.400. The van der Waals surface area contributed by atoms with Crippen molar-refractivity contribution >= 4 is 0 Å². The van der Waals surface area contributed by atoms with Gasteiger partial charge in [0.15, 0.2) is 23.0 Å². The highest BCUT2D eigenvalue weighted by atomic mass is 16.5. The normalized spacial score (nSPS) is 21.9. The monoisotopic (exact) mass is 360 g/mol. The van der Waals surface area contributed by atoms with Gasteiger partial charge in [0.25, 0.3) is 0 Å². The average Bonchev–Trinajstić information content (AvgIpc) is 2.66. The number of aromatic hydroxyl groups is 2. The molecule has 6 nitrogen and oxygen atoms in total. The number of phenolic OH excluding ortho intramolecular Hbond substituents is 2. The number of hydrogen-bond acceptors (Lipinski definition) is 6. The molecule has 0 radical (unpaired) electrons. The second-order valence-electron chi connectivity index (χ2n) is 6.63. The highest BCUT2D eigenvalue weighted by Gasteiger charge is 2.38. The third-order valence-electron chi connectivity index (χ3n) is 5.30. The van der Waals surface area contributed by atoms with Crippen LogP contribution in [0.25, 0.3) is 0 Å². The summed E-state index contributed by atoms with van der Waals surface area (Å²) in [6.45, 7) is -0.162. The van der Waals surface area contributed by atoms with E-state index in [-0.39, 0.29) is 42.5 Å². The molecule has 4 N–H and O–H groups in total. The van der Waals surface area contributed by atoms with Crippen LogP contribution in [0.4, 0.5) is 0 Å². The average molecular weight is 360 g/mol. The molecule has 2 aromatic rings. The summed E-state index contributed by atoms with van der Waals surface area (Å²) in [6.07, 6.45) is 0.583. The largest absolute Gasteiger partial charge is 0.504 e. The van der Waals surface area contributed by atoms with Gasteiger partial charge in [0, 0.05) is 19.1 Å². The summed E-state index contributed by atoms with van der Waals surface area (Å²) in [5, 5.41) is 40.0. The fourth-order valence-electron chi connectivity index (χ4n) is 3.96. The molecule has 26 heavy (non-hydrogen) atoms. The van der Waals surface area contributed by atoms with Crippen LogP contribution in [0.2, 0.25) is 0 Å². The van der Waals surface area contributed by atoms with Gasteiger partial charge < -0.3 is 29.9 Å². The molecule has 0 bridgehead atoms. The van der Waals surface area contributed by atoms with E-state index in [2.05, 4.69) is 0 Å². The first-order valence-corrected chi connectivity index (χ1v) is 8.52. The van der Waals surface area contributed by atoms with Gasteiger partial charge in [0.1, 0.15) is 0 Å². The zero-order chi connectivity index (χ0) is 18.8. The van der Waals surface area contributed by atoms with E-state index in [0.29, 0.717) is 17.9 Å². The highest BCUT2D eigenvalue weighted by Crippen LogP contribution is 2.47. The molecule has 1 aliphatic carbocycles. The molecule has 140 valence electrons. The minimum Gasteiger partial charge on any atom is -0.504 e. The molecule has 0 saturated heterocycles. The Morgan fingerprint density at radius 1 is 0.923 bits per heavy atom. The number of hydrogen-bond donors (Lipinski definition) is 4. The molecule has 0 spiro atoms. The second kappa shape index (κ2) is 7.43. The predicted molar refractivity (Wildman–Crippen MR) is 96.0 cm³/mol. The molecule has 0 heterocycles. The Labute approximate surface area is 152 Å². The number of benzene rings is 2. The Balaban J connectivity index is 2.19. The third-order valence-corrected chi connectivity index (χ3v) is 5.30. The Hall–Kier alpha value is -2.44. The van der Waals surface area contributed by atoms with E-state index in [1.165, 1.54) is 14.2 Å². The molecule has 0 amide bonds. The topological polar surface area (TPSA) is 99.4 Å². The Morgan fingerprint density at radius 2 is 1.62 bits per heavy atom. The summed E-state index contributed by atoms with van der Waals surface area (Å²) in [6, 6.07) is 8.50. The first-order valence-electron chi connectivity index (χ1n) is 8.52. The minimum absolute atomic E-state index is 0.0288. The van der Waals surface area contributed by atoms with E-state index in [9.17, 15) is 20.4 Å². The van der Waals surface area contributed by atoms with Crippen LogP contribution in [-0.2, 0) is 6.42 Å². The van der Waals surface area contributed by atoms with Crippen LogP contribution in [0, 0.1) is 11.8 Å². The maximum atomic E-state index is 10.3. The van der Waals surface area contributed by atoms with E-state index >= 15 is 0 Å². The van der Waals surface area contributed by atoms with Crippen molar-refractivity contribution in [2.75, 3.05) is 27.4 Å². The highest BCUT2D eigenvalue weighted by molar-refractivity contribution is 5.53. The van der Waals surface area contributed by atoms with E-state index in [0.717, 1.165) is 16.7 Å². The molecule has 0 aliphatic heterocycles. The van der Waals surface area contributed by atoms with Crippen molar-refractivity contribution < 1.29 is 29.9 Å². The number of aliphatic hydroxyl groups is 2. The van der Waals surface area contributed by atoms with Crippen molar-refractivity contribution in [3.05, 3.63) is 47.0 Å². The van der Waals surface area contributed by atoms with Gasteiger partial charge >= 0.3 is 0 Å². The van der Waals surface area contributed by atoms with E-state index < -0.39 is 0 Å². The van der Waals surface area contributed by atoms with Crippen molar-refractivity contribution in [1.29, 1.82) is 0 Å². The Morgan fingerprint density at radius 3 is 2.23 bits per heavy atom. The maximum Gasteiger partial charge on any atom is 0.160 e. The van der Waals surface area contributed by atoms with Crippen LogP contribution < -0.4 is 9.47 Å². The van der Waals surface area contributed by atoms with Crippen molar-refractivity contribution in [1.82, 2.24) is 0 Å². The van der Waals surface area contributed by atoms with Crippen molar-refractivity contribution in [2.45, 2.75) is 12.3 Å². The number of ether oxygens (including phenoxy) is 2. The summed E-state index contributed by atoms with van der Waals surface area (Å²) in [5.74, 6) is 0.160. The van der Waals surface area contributed by atoms with Crippen LogP contribution in [-0.4, -0.2) is 47.9 Å². The molecule has 0 saturated carbocycles. The van der Waals surface area contributed by atoms with Crippen molar-refractivity contribution in [3.63, 3.8) is 0 Å². The summed E-state index contributed by atoms with van der Waals surface area (Å²) >= 11 is 0. The van der Waals surface area contributed by atoms with Gasteiger partial charge in [-0.2, -0.15) is 0 Å². The van der Waals surface area contributed by atoms with Crippen LogP contribution in [0.1, 0.15) is 22.6 Å². The van der Waals surface area contributed by atoms with E-state index in [1.807, 2.05) is 0 Å². The van der Waals surface area contributed by atoms with Gasteiger partial charge in [0.05, 0.1) is 14.2 Å². The van der Waals surface area contributed by atoms with Crippen LogP contribution in [0.15, 0.2) is 30.3 Å². The predicted octanol–water partition coefficient (Wildman–Crippen LogP) is 2.02. The SMILES string of the molecule is COc1cc([C@H]2c3cc(O)c(OC)cc3C[C@@H](CO)[C@H]2CO)ccc1O. The van der Waals surface area contributed by atoms with Gasteiger partial charge in [0.2, 0.25) is 0 Å². The number of fused-ring (bicyclic) bond motifs is 1. The molecule has 1 aliphatic rings. The number of methoxy groups -OCH3 is 2. The Kier molecular flexibility index (Phi) is 5.25. The summed E-state index contributed by atoms with van der Waals surface area (Å²) in [4.78, 5) is 0. The summed E-state index contributed by atoms with van der Waals surface area (Å²) < 4.78 is 10.4. The van der Waals surface area contributed by atoms with Crippen molar-refractivity contribution in [3.8, 4) is 23.0 Å². The lowest BCUT2D eigenvalue weighted by Crippen LogP contribution is -2.35. The molecule has 0 unspecified atom stereocenters. The van der Waals surface area contributed by atoms with Gasteiger partial charge in [-0.3, -0.25) is 0 Å². The summed E-state index contributed by atoms with van der Waals surface area (Å²) in [7, 11) is 2.97. The molecular weight excluding hydrogens is 336 g/mol. The molecule has 2 aromatic carbocycles. The summed E-state index contributed by atoms with van der Waals surface area (Å²) in [5.41, 5.74) is 2.67. The Bertz CT molecular complexity index is 788. The number of rotatable bonds is 5. The minimum atomic E-state index is -0.257. The lowest BCUT2D eigenvalue weighted by molar-refractivity contribution is 0.101. The zero-order valence-corrected chi connectivity index (χ0v) is 14.8. The standard InChI is InChI=1S/C20H24O6/c1-25-18-6-11(3-4-16(18)23)20-14-8-17(24)19(26-2)7-12(14)5-13(9-21)15(20)10-22/h3-4,6-8,13,15,20-24H,5,9-10H2,1-2H3/t13-,15+,20-/m0/s1.